The Morgan fingerprint density at radius 3 is 2.26 bits per heavy atom. The number of piperazine rings is 1. The normalized spacial score (nSPS) is 14.6. The molecule has 9 heteroatoms. The zero-order valence-corrected chi connectivity index (χ0v) is 23.1. The van der Waals surface area contributed by atoms with Gasteiger partial charge in [-0.2, -0.15) is 13.2 Å². The fourth-order valence-electron chi connectivity index (χ4n) is 4.79. The Labute approximate surface area is 235 Å². The number of phenolic OH excluding ortho intramolecular Hbond substituents is 1. The van der Waals surface area contributed by atoms with Crippen LogP contribution in [-0.2, 0) is 25.6 Å². The maximum atomic E-state index is 13.1. The minimum absolute atomic E-state index is 0.277. The lowest BCUT2D eigenvalue weighted by molar-refractivity contribution is -0.137. The highest BCUT2D eigenvalue weighted by Crippen LogP contribution is 2.34. The number of thiazole rings is 1. The van der Waals surface area contributed by atoms with Crippen LogP contribution in [-0.4, -0.2) is 41.2 Å². The number of hydrogen-bond acceptors (Lipinski definition) is 5. The van der Waals surface area contributed by atoms with Crippen LogP contribution < -0.4 is 4.90 Å². The van der Waals surface area contributed by atoms with Crippen LogP contribution in [0.3, 0.4) is 0 Å². The van der Waals surface area contributed by atoms with Crippen molar-refractivity contribution in [2.75, 3.05) is 31.1 Å². The molecule has 1 aliphatic heterocycles. The van der Waals surface area contributed by atoms with E-state index < -0.39 is 11.7 Å². The Morgan fingerprint density at radius 2 is 1.62 bits per heavy atom. The van der Waals surface area contributed by atoms with Gasteiger partial charge in [0.1, 0.15) is 10.8 Å². The average Bonchev–Trinajstić information content (AvgIpc) is 3.32. The quantitative estimate of drug-likeness (QED) is 0.248. The van der Waals surface area contributed by atoms with Gasteiger partial charge in [0.2, 0.25) is 0 Å². The summed E-state index contributed by atoms with van der Waals surface area (Å²) in [6.45, 7) is 6.11. The van der Waals surface area contributed by atoms with Gasteiger partial charge in [0.25, 0.3) is 0 Å². The first-order chi connectivity index (χ1) is 18.7. The van der Waals surface area contributed by atoms with E-state index in [4.69, 9.17) is 16.6 Å². The van der Waals surface area contributed by atoms with E-state index in [1.165, 1.54) is 12.1 Å². The third-order valence-electron chi connectivity index (χ3n) is 7.08. The number of aromatic hydroxyl groups is 1. The highest BCUT2D eigenvalue weighted by Gasteiger charge is 2.30. The molecular formula is C30H29ClF3N3OS. The van der Waals surface area contributed by atoms with Gasteiger partial charge in [-0.3, -0.25) is 4.90 Å². The van der Waals surface area contributed by atoms with Gasteiger partial charge in [-0.1, -0.05) is 35.9 Å². The van der Waals surface area contributed by atoms with Crippen LogP contribution in [0.15, 0.2) is 66.7 Å². The fourth-order valence-corrected chi connectivity index (χ4v) is 5.99. The van der Waals surface area contributed by atoms with Crippen LogP contribution in [0.1, 0.15) is 27.3 Å². The second-order valence-electron chi connectivity index (χ2n) is 9.82. The molecule has 0 saturated carbocycles. The zero-order valence-electron chi connectivity index (χ0n) is 21.5. The number of hydrogen-bond donors (Lipinski definition) is 1. The molecule has 0 atom stereocenters. The lowest BCUT2D eigenvalue weighted by Crippen LogP contribution is -2.46. The third kappa shape index (κ3) is 6.75. The molecule has 4 aromatic rings. The van der Waals surface area contributed by atoms with Crippen LogP contribution in [0, 0.1) is 6.92 Å². The molecule has 2 heterocycles. The first-order valence-electron chi connectivity index (χ1n) is 12.8. The predicted molar refractivity (Wildman–Crippen MR) is 152 cm³/mol. The summed E-state index contributed by atoms with van der Waals surface area (Å²) in [6.07, 6.45) is -2.82. The van der Waals surface area contributed by atoms with Crippen molar-refractivity contribution in [1.82, 2.24) is 9.88 Å². The number of halogens is 4. The molecule has 0 unspecified atom stereocenters. The molecule has 0 aliphatic carbocycles. The van der Waals surface area contributed by atoms with Gasteiger partial charge in [-0.25, -0.2) is 4.98 Å². The SMILES string of the molecule is Cc1cc(CCc2sc(-c3ccc(C(F)(F)F)cc3)nc2CN2CCN(c3ccc(Cl)cc3)CC2)ccc1O. The average molecular weight is 572 g/mol. The minimum atomic E-state index is -4.37. The fraction of sp³-hybridized carbons (Fsp3) is 0.300. The van der Waals surface area contributed by atoms with Crippen molar-refractivity contribution < 1.29 is 18.3 Å². The number of nitrogens with zero attached hydrogens (tertiary/aromatic N) is 3. The molecule has 3 aromatic carbocycles. The summed E-state index contributed by atoms with van der Waals surface area (Å²) in [4.78, 5) is 10.8. The van der Waals surface area contributed by atoms with Gasteiger partial charge in [0, 0.05) is 53.9 Å². The maximum absolute atomic E-state index is 13.1. The van der Waals surface area contributed by atoms with Crippen LogP contribution in [0.4, 0.5) is 18.9 Å². The van der Waals surface area contributed by atoms with E-state index in [-0.39, 0.29) is 5.75 Å². The molecule has 39 heavy (non-hydrogen) atoms. The van der Waals surface area contributed by atoms with E-state index in [1.54, 1.807) is 17.4 Å². The van der Waals surface area contributed by atoms with Crippen molar-refractivity contribution in [1.29, 1.82) is 0 Å². The van der Waals surface area contributed by atoms with E-state index in [2.05, 4.69) is 9.80 Å². The van der Waals surface area contributed by atoms with Crippen molar-refractivity contribution in [3.63, 3.8) is 0 Å². The number of phenols is 1. The van der Waals surface area contributed by atoms with E-state index in [9.17, 15) is 18.3 Å². The van der Waals surface area contributed by atoms with Crippen molar-refractivity contribution in [3.05, 3.63) is 99.0 Å². The first-order valence-corrected chi connectivity index (χ1v) is 14.0. The van der Waals surface area contributed by atoms with Crippen LogP contribution in [0.25, 0.3) is 10.6 Å². The van der Waals surface area contributed by atoms with Gasteiger partial charge < -0.3 is 10.0 Å². The minimum Gasteiger partial charge on any atom is -0.508 e. The topological polar surface area (TPSA) is 39.6 Å². The Kier molecular flexibility index (Phi) is 8.16. The summed E-state index contributed by atoms with van der Waals surface area (Å²) in [5.41, 5.74) is 4.11. The standard InChI is InChI=1S/C30H29ClF3N3OS/c1-20-18-21(2-12-27(20)38)3-13-28-26(35-29(39-28)22-4-6-23(7-5-22)30(32,33)34)19-36-14-16-37(17-15-36)25-10-8-24(31)9-11-25/h2,4-12,18,38H,3,13-17,19H2,1H3. The summed E-state index contributed by atoms with van der Waals surface area (Å²) in [5.74, 6) is 0.277. The van der Waals surface area contributed by atoms with E-state index in [1.807, 2.05) is 43.3 Å². The Hall–Kier alpha value is -3.07. The number of aryl methyl sites for hydroxylation is 3. The second-order valence-corrected chi connectivity index (χ2v) is 11.3. The summed E-state index contributed by atoms with van der Waals surface area (Å²) < 4.78 is 39.2. The molecule has 1 N–H and O–H groups in total. The summed E-state index contributed by atoms with van der Waals surface area (Å²) in [6, 6.07) is 18.8. The Balaban J connectivity index is 1.33. The summed E-state index contributed by atoms with van der Waals surface area (Å²) in [5, 5.41) is 11.3. The third-order valence-corrected chi connectivity index (χ3v) is 8.54. The molecule has 5 rings (SSSR count). The molecule has 1 aliphatic rings. The monoisotopic (exact) mass is 571 g/mol. The highest BCUT2D eigenvalue weighted by atomic mass is 35.5. The number of rotatable bonds is 7. The lowest BCUT2D eigenvalue weighted by atomic mass is 10.1. The molecule has 0 bridgehead atoms. The molecule has 4 nitrogen and oxygen atoms in total. The van der Waals surface area contributed by atoms with Gasteiger partial charge in [-0.05, 0) is 73.4 Å². The molecule has 1 aromatic heterocycles. The second kappa shape index (κ2) is 11.6. The molecule has 1 saturated heterocycles. The van der Waals surface area contributed by atoms with Crippen LogP contribution >= 0.6 is 22.9 Å². The summed E-state index contributed by atoms with van der Waals surface area (Å²) in [7, 11) is 0. The number of aromatic nitrogens is 1. The molecule has 0 amide bonds. The number of alkyl halides is 3. The van der Waals surface area contributed by atoms with E-state index in [0.717, 1.165) is 88.6 Å². The molecule has 204 valence electrons. The van der Waals surface area contributed by atoms with Crippen molar-refractivity contribution in [2.24, 2.45) is 0 Å². The molecule has 0 spiro atoms. The van der Waals surface area contributed by atoms with Crippen molar-refractivity contribution >= 4 is 28.6 Å². The Bertz CT molecular complexity index is 1410. The number of benzene rings is 3. The van der Waals surface area contributed by atoms with E-state index in [0.29, 0.717) is 12.1 Å². The first kappa shape index (κ1) is 27.5. The van der Waals surface area contributed by atoms with Crippen LogP contribution in [0.2, 0.25) is 5.02 Å². The molecular weight excluding hydrogens is 543 g/mol. The predicted octanol–water partition coefficient (Wildman–Crippen LogP) is 7.60. The van der Waals surface area contributed by atoms with Crippen LogP contribution in [0.5, 0.6) is 5.75 Å². The number of anilines is 1. The molecule has 1 fully saturated rings. The van der Waals surface area contributed by atoms with Gasteiger partial charge >= 0.3 is 6.18 Å². The van der Waals surface area contributed by atoms with Gasteiger partial charge in [0.15, 0.2) is 0 Å². The van der Waals surface area contributed by atoms with Gasteiger partial charge in [-0.15, -0.1) is 11.3 Å². The largest absolute Gasteiger partial charge is 0.508 e. The van der Waals surface area contributed by atoms with Gasteiger partial charge in [0.05, 0.1) is 11.3 Å². The van der Waals surface area contributed by atoms with E-state index >= 15 is 0 Å². The summed E-state index contributed by atoms with van der Waals surface area (Å²) >= 11 is 7.59. The smallest absolute Gasteiger partial charge is 0.416 e. The maximum Gasteiger partial charge on any atom is 0.416 e. The lowest BCUT2D eigenvalue weighted by Gasteiger charge is -2.36. The van der Waals surface area contributed by atoms with Crippen molar-refractivity contribution in [3.8, 4) is 16.3 Å². The van der Waals surface area contributed by atoms with Crippen molar-refractivity contribution in [2.45, 2.75) is 32.5 Å². The zero-order chi connectivity index (χ0) is 27.6. The highest BCUT2D eigenvalue weighted by molar-refractivity contribution is 7.15. The Morgan fingerprint density at radius 1 is 0.923 bits per heavy atom. The molecule has 0 radical (unpaired) electrons.